The quantitative estimate of drug-likeness (QED) is 0.270. The minimum atomic E-state index is -0.941. The third-order valence-electron chi connectivity index (χ3n) is 4.24. The number of β-lactam (4-membered cyclic amide) rings is 1. The van der Waals surface area contributed by atoms with Gasteiger partial charge in [0.15, 0.2) is 0 Å². The van der Waals surface area contributed by atoms with Gasteiger partial charge in [0.05, 0.1) is 37.5 Å². The van der Waals surface area contributed by atoms with Crippen molar-refractivity contribution < 1.29 is 28.7 Å². The van der Waals surface area contributed by atoms with Crippen molar-refractivity contribution in [2.45, 2.75) is 18.5 Å². The average molecular weight is 344 g/mol. The molecule has 3 amide bonds. The number of carbonyl (C=O) groups excluding carboxylic acids is 4. The third kappa shape index (κ3) is 2.75. The molecule has 0 unspecified atom stereocenters. The van der Waals surface area contributed by atoms with E-state index >= 15 is 0 Å². The molecule has 1 fully saturated rings. The molecule has 2 atom stereocenters. The van der Waals surface area contributed by atoms with Crippen LogP contribution in [0.5, 0.6) is 0 Å². The van der Waals surface area contributed by atoms with Crippen LogP contribution in [0.2, 0.25) is 0 Å². The first-order valence-electron chi connectivity index (χ1n) is 7.57. The number of hydrogen-bond donors (Lipinski definition) is 1. The van der Waals surface area contributed by atoms with Crippen LogP contribution in [0.3, 0.4) is 0 Å². The smallest absolute Gasteiger partial charge is 0.333 e. The van der Waals surface area contributed by atoms with E-state index in [-0.39, 0.29) is 23.3 Å². The first-order chi connectivity index (χ1) is 12.0. The molecule has 1 saturated heterocycles. The van der Waals surface area contributed by atoms with E-state index in [0.29, 0.717) is 0 Å². The molecule has 2 aliphatic heterocycles. The molecule has 2 aliphatic rings. The predicted molar refractivity (Wildman–Crippen MR) is 84.4 cm³/mol. The summed E-state index contributed by atoms with van der Waals surface area (Å²) in [6, 6.07) is 4.95. The van der Waals surface area contributed by atoms with Crippen LogP contribution in [-0.4, -0.2) is 54.9 Å². The van der Waals surface area contributed by atoms with Crippen LogP contribution in [0.1, 0.15) is 27.1 Å². The molecule has 0 aliphatic carbocycles. The molecule has 0 saturated carbocycles. The molecular weight excluding hydrogens is 328 g/mol. The lowest BCUT2D eigenvalue weighted by atomic mass is 9.93. The van der Waals surface area contributed by atoms with Crippen molar-refractivity contribution >= 4 is 23.7 Å². The van der Waals surface area contributed by atoms with E-state index in [1.54, 1.807) is 24.3 Å². The van der Waals surface area contributed by atoms with Gasteiger partial charge in [0, 0.05) is 6.42 Å². The Morgan fingerprint density at radius 3 is 2.20 bits per heavy atom. The van der Waals surface area contributed by atoms with Gasteiger partial charge in [-0.2, -0.15) is 0 Å². The van der Waals surface area contributed by atoms with E-state index in [4.69, 9.17) is 4.74 Å². The van der Waals surface area contributed by atoms with Crippen molar-refractivity contribution in [1.29, 1.82) is 0 Å². The molecule has 0 aromatic heterocycles. The molecule has 0 bridgehead atoms. The Balaban J connectivity index is 1.82. The van der Waals surface area contributed by atoms with E-state index in [1.807, 2.05) is 0 Å². The zero-order chi connectivity index (χ0) is 18.1. The van der Waals surface area contributed by atoms with Crippen LogP contribution >= 0.6 is 0 Å². The fraction of sp³-hybridized carbons (Fsp3) is 0.294. The number of rotatable bonds is 5. The van der Waals surface area contributed by atoms with Crippen LogP contribution in [-0.2, 0) is 19.1 Å². The van der Waals surface area contributed by atoms with Crippen molar-refractivity contribution in [1.82, 2.24) is 10.2 Å². The second-order valence-electron chi connectivity index (χ2n) is 5.63. The summed E-state index contributed by atoms with van der Waals surface area (Å²) in [5, 5.41) is 2.64. The van der Waals surface area contributed by atoms with Gasteiger partial charge in [0.2, 0.25) is 5.91 Å². The Morgan fingerprint density at radius 2 is 1.72 bits per heavy atom. The number of fused-ring (bicyclic) bond motifs is 1. The lowest BCUT2D eigenvalue weighted by Gasteiger charge is -2.41. The van der Waals surface area contributed by atoms with E-state index in [1.165, 1.54) is 14.2 Å². The molecule has 0 radical (unpaired) electrons. The van der Waals surface area contributed by atoms with Crippen molar-refractivity contribution in [3.8, 4) is 0 Å². The van der Waals surface area contributed by atoms with E-state index < -0.39 is 35.8 Å². The van der Waals surface area contributed by atoms with Gasteiger partial charge in [-0.25, -0.2) is 4.79 Å². The fourth-order valence-electron chi connectivity index (χ4n) is 2.96. The second kappa shape index (κ2) is 6.39. The Labute approximate surface area is 143 Å². The molecule has 3 rings (SSSR count). The van der Waals surface area contributed by atoms with Crippen LogP contribution in [0.4, 0.5) is 0 Å². The van der Waals surface area contributed by atoms with Gasteiger partial charge in [-0.1, -0.05) is 12.1 Å². The number of amides is 3. The minimum absolute atomic E-state index is 0.148. The van der Waals surface area contributed by atoms with Crippen LogP contribution in [0.25, 0.3) is 0 Å². The van der Waals surface area contributed by atoms with Crippen molar-refractivity contribution in [3.05, 3.63) is 47.2 Å². The number of hydrogen-bond acceptors (Lipinski definition) is 6. The Morgan fingerprint density at radius 1 is 1.12 bits per heavy atom. The summed E-state index contributed by atoms with van der Waals surface area (Å²) in [4.78, 5) is 49.4. The predicted octanol–water partition coefficient (Wildman–Crippen LogP) is 0.243. The SMILES string of the molecule is COC(=O)C=C(C[C@H]1NC(=O)[C@@H]1N1C(=O)c2ccccc2C1=O)OC. The van der Waals surface area contributed by atoms with Crippen LogP contribution in [0.15, 0.2) is 36.1 Å². The maximum Gasteiger partial charge on any atom is 0.333 e. The van der Waals surface area contributed by atoms with Gasteiger partial charge in [-0.3, -0.25) is 19.3 Å². The Hall–Kier alpha value is -3.16. The highest BCUT2D eigenvalue weighted by Crippen LogP contribution is 2.30. The van der Waals surface area contributed by atoms with Gasteiger partial charge in [-0.15, -0.1) is 0 Å². The number of ether oxygens (including phenoxy) is 2. The Bertz CT molecular complexity index is 765. The molecule has 8 heteroatoms. The number of methoxy groups -OCH3 is 2. The van der Waals surface area contributed by atoms with Gasteiger partial charge >= 0.3 is 5.97 Å². The van der Waals surface area contributed by atoms with E-state index in [2.05, 4.69) is 10.1 Å². The second-order valence-corrected chi connectivity index (χ2v) is 5.63. The van der Waals surface area contributed by atoms with Gasteiger partial charge in [0.25, 0.3) is 11.8 Å². The number of carbonyl (C=O) groups is 4. The maximum absolute atomic E-state index is 12.5. The summed E-state index contributed by atoms with van der Waals surface area (Å²) < 4.78 is 9.65. The van der Waals surface area contributed by atoms with Gasteiger partial charge in [0.1, 0.15) is 11.8 Å². The number of benzene rings is 1. The zero-order valence-corrected chi connectivity index (χ0v) is 13.6. The highest BCUT2D eigenvalue weighted by Gasteiger charge is 2.51. The number of esters is 1. The maximum atomic E-state index is 12.5. The minimum Gasteiger partial charge on any atom is -0.501 e. The van der Waals surface area contributed by atoms with Crippen molar-refractivity contribution in [2.24, 2.45) is 0 Å². The summed E-state index contributed by atoms with van der Waals surface area (Å²) in [6.07, 6.45) is 1.30. The van der Waals surface area contributed by atoms with Gasteiger partial charge in [-0.05, 0) is 12.1 Å². The Kier molecular flexibility index (Phi) is 4.26. The molecule has 130 valence electrons. The topological polar surface area (TPSA) is 102 Å². The highest BCUT2D eigenvalue weighted by molar-refractivity contribution is 6.23. The number of nitrogens with zero attached hydrogens (tertiary/aromatic N) is 1. The molecule has 0 spiro atoms. The summed E-state index contributed by atoms with van der Waals surface area (Å²) in [5.41, 5.74) is 0.561. The summed E-state index contributed by atoms with van der Waals surface area (Å²) in [7, 11) is 2.62. The van der Waals surface area contributed by atoms with Crippen molar-refractivity contribution in [2.75, 3.05) is 14.2 Å². The first-order valence-corrected chi connectivity index (χ1v) is 7.57. The average Bonchev–Trinajstić information content (AvgIpc) is 2.85. The number of nitrogens with one attached hydrogen (secondary N) is 1. The van der Waals surface area contributed by atoms with Crippen LogP contribution in [0, 0.1) is 0 Å². The summed E-state index contributed by atoms with van der Waals surface area (Å²) >= 11 is 0. The first kappa shape index (κ1) is 16.7. The molecule has 1 N–H and O–H groups in total. The van der Waals surface area contributed by atoms with E-state index in [0.717, 1.165) is 11.0 Å². The standard InChI is InChI=1S/C17H16N2O6/c1-24-9(8-13(20)25-2)7-12-14(15(21)18-12)19-16(22)10-5-3-4-6-11(10)17(19)23/h3-6,8,12,14H,7H2,1-2H3,(H,18,21)/t12-,14-/m1/s1. The summed E-state index contributed by atoms with van der Waals surface area (Å²) in [5.74, 6) is -1.74. The lowest BCUT2D eigenvalue weighted by Crippen LogP contribution is -2.70. The monoisotopic (exact) mass is 344 g/mol. The van der Waals surface area contributed by atoms with Crippen LogP contribution < -0.4 is 5.32 Å². The van der Waals surface area contributed by atoms with Crippen molar-refractivity contribution in [3.63, 3.8) is 0 Å². The fourth-order valence-corrected chi connectivity index (χ4v) is 2.96. The molecule has 8 nitrogen and oxygen atoms in total. The molecule has 1 aromatic carbocycles. The molecule has 25 heavy (non-hydrogen) atoms. The van der Waals surface area contributed by atoms with E-state index in [9.17, 15) is 19.2 Å². The zero-order valence-electron chi connectivity index (χ0n) is 13.6. The molecule has 2 heterocycles. The molecular formula is C17H16N2O6. The highest BCUT2D eigenvalue weighted by atomic mass is 16.5. The number of imide groups is 1. The molecule has 1 aromatic rings. The summed E-state index contributed by atoms with van der Waals surface area (Å²) in [6.45, 7) is 0. The normalized spacial score (nSPS) is 22.2. The van der Waals surface area contributed by atoms with Gasteiger partial charge < -0.3 is 14.8 Å². The lowest BCUT2D eigenvalue weighted by molar-refractivity contribution is -0.135. The third-order valence-corrected chi connectivity index (χ3v) is 4.24. The largest absolute Gasteiger partial charge is 0.501 e.